The molecule has 0 bridgehead atoms. The van der Waals surface area contributed by atoms with E-state index in [1.54, 1.807) is 6.07 Å². The smallest absolute Gasteiger partial charge is 0.345 e. The molecule has 1 aromatic heterocycles. The third-order valence-electron chi connectivity index (χ3n) is 3.80. The predicted molar refractivity (Wildman–Crippen MR) is 85.7 cm³/mol. The minimum atomic E-state index is -1.00. The van der Waals surface area contributed by atoms with E-state index >= 15 is 0 Å². The zero-order valence-electron chi connectivity index (χ0n) is 11.7. The number of benzene rings is 1. The number of thiophene rings is 1. The molecule has 2 heterocycles. The fraction of sp³-hybridized carbons (Fsp3) is 0.250. The highest BCUT2D eigenvalue weighted by atomic mass is 35.5. The van der Waals surface area contributed by atoms with E-state index in [-0.39, 0.29) is 16.8 Å². The molecule has 1 aliphatic rings. The van der Waals surface area contributed by atoms with Crippen LogP contribution in [0.1, 0.15) is 43.8 Å². The first-order valence-electron chi connectivity index (χ1n) is 6.96. The molecule has 1 aliphatic heterocycles. The van der Waals surface area contributed by atoms with E-state index in [2.05, 4.69) is 0 Å². The lowest BCUT2D eigenvalue weighted by Gasteiger charge is -2.24. The van der Waals surface area contributed by atoms with E-state index in [4.69, 9.17) is 16.7 Å². The Labute approximate surface area is 136 Å². The van der Waals surface area contributed by atoms with Crippen molar-refractivity contribution in [3.63, 3.8) is 0 Å². The van der Waals surface area contributed by atoms with Gasteiger partial charge in [0.05, 0.1) is 10.9 Å². The average Bonchev–Trinajstić information content (AvgIpc) is 3.17. The minimum Gasteiger partial charge on any atom is -0.477 e. The first-order chi connectivity index (χ1) is 10.6. The highest BCUT2D eigenvalue weighted by molar-refractivity contribution is 7.15. The number of aromatic carboxylic acids is 1. The molecule has 0 saturated carbocycles. The van der Waals surface area contributed by atoms with Crippen molar-refractivity contribution < 1.29 is 14.7 Å². The summed E-state index contributed by atoms with van der Waals surface area (Å²) in [7, 11) is 0. The Morgan fingerprint density at radius 3 is 2.45 bits per heavy atom. The van der Waals surface area contributed by atoms with Gasteiger partial charge in [0.2, 0.25) is 0 Å². The van der Waals surface area contributed by atoms with Gasteiger partial charge in [0.15, 0.2) is 0 Å². The van der Waals surface area contributed by atoms with Crippen LogP contribution in [0.4, 0.5) is 0 Å². The number of rotatable bonds is 3. The Bertz CT molecular complexity index is 710. The summed E-state index contributed by atoms with van der Waals surface area (Å²) < 4.78 is 0. The zero-order chi connectivity index (χ0) is 15.7. The highest BCUT2D eigenvalue weighted by Gasteiger charge is 2.31. The van der Waals surface area contributed by atoms with Crippen molar-refractivity contribution in [2.45, 2.75) is 18.9 Å². The summed E-state index contributed by atoms with van der Waals surface area (Å²) in [6, 6.07) is 10.6. The van der Waals surface area contributed by atoms with E-state index in [0.29, 0.717) is 16.4 Å². The predicted octanol–water partition coefficient (Wildman–Crippen LogP) is 4.08. The van der Waals surface area contributed by atoms with Crippen LogP contribution in [0.2, 0.25) is 5.02 Å². The molecule has 1 saturated heterocycles. The molecule has 0 radical (unpaired) electrons. The SMILES string of the molecule is O=C(O)c1ccc(C(=O)N2CCCC2c2ccc(Cl)cc2)s1. The fourth-order valence-corrected chi connectivity index (χ4v) is 3.68. The van der Waals surface area contributed by atoms with Crippen LogP contribution in [-0.2, 0) is 0 Å². The van der Waals surface area contributed by atoms with Gasteiger partial charge < -0.3 is 10.0 Å². The quantitative estimate of drug-likeness (QED) is 0.919. The van der Waals surface area contributed by atoms with Gasteiger partial charge in [-0.15, -0.1) is 11.3 Å². The molecule has 3 rings (SSSR count). The Morgan fingerprint density at radius 2 is 1.82 bits per heavy atom. The second kappa shape index (κ2) is 6.10. The molecule has 2 aromatic rings. The number of halogens is 1. The topological polar surface area (TPSA) is 57.6 Å². The summed E-state index contributed by atoms with van der Waals surface area (Å²) in [5.74, 6) is -1.10. The van der Waals surface area contributed by atoms with Crippen molar-refractivity contribution in [3.05, 3.63) is 56.7 Å². The molecular formula is C16H14ClNO3S. The number of carbonyl (C=O) groups excluding carboxylic acids is 1. The Hall–Kier alpha value is -1.85. The summed E-state index contributed by atoms with van der Waals surface area (Å²) in [5, 5.41) is 9.64. The Morgan fingerprint density at radius 1 is 1.14 bits per heavy atom. The summed E-state index contributed by atoms with van der Waals surface area (Å²) in [6.45, 7) is 0.687. The number of carboxylic acid groups (broad SMARTS) is 1. The van der Waals surface area contributed by atoms with Gasteiger partial charge in [-0.05, 0) is 42.7 Å². The molecule has 0 aliphatic carbocycles. The molecule has 0 spiro atoms. The maximum atomic E-state index is 12.7. The van der Waals surface area contributed by atoms with Crippen LogP contribution in [0.5, 0.6) is 0 Å². The molecule has 1 aromatic carbocycles. The number of nitrogens with zero attached hydrogens (tertiary/aromatic N) is 1. The van der Waals surface area contributed by atoms with Crippen molar-refractivity contribution >= 4 is 34.8 Å². The summed E-state index contributed by atoms with van der Waals surface area (Å²) >= 11 is 6.93. The van der Waals surface area contributed by atoms with Crippen LogP contribution in [0.25, 0.3) is 0 Å². The highest BCUT2D eigenvalue weighted by Crippen LogP contribution is 2.34. The third kappa shape index (κ3) is 2.87. The van der Waals surface area contributed by atoms with Crippen molar-refractivity contribution in [2.24, 2.45) is 0 Å². The van der Waals surface area contributed by atoms with Crippen LogP contribution >= 0.6 is 22.9 Å². The summed E-state index contributed by atoms with van der Waals surface area (Å²) in [4.78, 5) is 26.1. The van der Waals surface area contributed by atoms with Gasteiger partial charge in [0, 0.05) is 11.6 Å². The first-order valence-corrected chi connectivity index (χ1v) is 8.15. The van der Waals surface area contributed by atoms with Crippen molar-refractivity contribution in [2.75, 3.05) is 6.54 Å². The van der Waals surface area contributed by atoms with E-state index in [9.17, 15) is 9.59 Å². The van der Waals surface area contributed by atoms with Gasteiger partial charge in [-0.25, -0.2) is 4.79 Å². The normalized spacial score (nSPS) is 17.7. The van der Waals surface area contributed by atoms with Crippen molar-refractivity contribution in [1.29, 1.82) is 0 Å². The lowest BCUT2D eigenvalue weighted by molar-refractivity contribution is 0.0701. The van der Waals surface area contributed by atoms with Crippen LogP contribution in [0.15, 0.2) is 36.4 Å². The number of carboxylic acids is 1. The molecule has 4 nitrogen and oxygen atoms in total. The maximum Gasteiger partial charge on any atom is 0.345 e. The second-order valence-corrected chi connectivity index (χ2v) is 6.70. The molecule has 1 amide bonds. The van der Waals surface area contributed by atoms with E-state index in [1.807, 2.05) is 29.2 Å². The molecule has 22 heavy (non-hydrogen) atoms. The number of likely N-dealkylation sites (tertiary alicyclic amines) is 1. The standard InChI is InChI=1S/C16H14ClNO3S/c17-11-5-3-10(4-6-11)12-2-1-9-18(12)15(19)13-7-8-14(22-13)16(20)21/h3-8,12H,1-2,9H2,(H,20,21). The van der Waals surface area contributed by atoms with Crippen LogP contribution < -0.4 is 0 Å². The average molecular weight is 336 g/mol. The van der Waals surface area contributed by atoms with Crippen molar-refractivity contribution in [3.8, 4) is 0 Å². The molecule has 1 atom stereocenters. The molecule has 114 valence electrons. The van der Waals surface area contributed by atoms with Crippen molar-refractivity contribution in [1.82, 2.24) is 4.90 Å². The molecule has 1 N–H and O–H groups in total. The fourth-order valence-electron chi connectivity index (χ4n) is 2.75. The lowest BCUT2D eigenvalue weighted by Crippen LogP contribution is -2.29. The zero-order valence-corrected chi connectivity index (χ0v) is 13.2. The molecule has 1 fully saturated rings. The number of hydrogen-bond donors (Lipinski definition) is 1. The van der Waals surface area contributed by atoms with Gasteiger partial charge >= 0.3 is 5.97 Å². The molecule has 1 unspecified atom stereocenters. The largest absolute Gasteiger partial charge is 0.477 e. The summed E-state index contributed by atoms with van der Waals surface area (Å²) in [6.07, 6.45) is 1.85. The number of amides is 1. The third-order valence-corrected chi connectivity index (χ3v) is 5.11. The minimum absolute atomic E-state index is 0.0279. The van der Waals surface area contributed by atoms with Crippen LogP contribution in [0.3, 0.4) is 0 Å². The van der Waals surface area contributed by atoms with Gasteiger partial charge in [-0.2, -0.15) is 0 Å². The Kier molecular flexibility index (Phi) is 4.18. The van der Waals surface area contributed by atoms with E-state index in [1.165, 1.54) is 6.07 Å². The first kappa shape index (κ1) is 15.1. The lowest BCUT2D eigenvalue weighted by atomic mass is 10.0. The molecular weight excluding hydrogens is 322 g/mol. The maximum absolute atomic E-state index is 12.7. The second-order valence-electron chi connectivity index (χ2n) is 5.18. The van der Waals surface area contributed by atoms with Gasteiger partial charge in [0.1, 0.15) is 4.88 Å². The number of hydrogen-bond acceptors (Lipinski definition) is 3. The van der Waals surface area contributed by atoms with E-state index in [0.717, 1.165) is 29.7 Å². The van der Waals surface area contributed by atoms with Gasteiger partial charge in [-0.1, -0.05) is 23.7 Å². The number of carbonyl (C=O) groups is 2. The van der Waals surface area contributed by atoms with Gasteiger partial charge in [-0.3, -0.25) is 4.79 Å². The molecule has 6 heteroatoms. The summed E-state index contributed by atoms with van der Waals surface area (Å²) in [5.41, 5.74) is 1.06. The monoisotopic (exact) mass is 335 g/mol. The van der Waals surface area contributed by atoms with Gasteiger partial charge in [0.25, 0.3) is 5.91 Å². The van der Waals surface area contributed by atoms with E-state index < -0.39 is 5.97 Å². The van der Waals surface area contributed by atoms with Crippen LogP contribution in [0, 0.1) is 0 Å². The Balaban J connectivity index is 1.84. The van der Waals surface area contributed by atoms with Crippen LogP contribution in [-0.4, -0.2) is 28.4 Å².